The summed E-state index contributed by atoms with van der Waals surface area (Å²) in [4.78, 5) is 63.6. The van der Waals surface area contributed by atoms with Gasteiger partial charge in [-0.15, -0.1) is 12.3 Å². The minimum absolute atomic E-state index is 0.0877. The van der Waals surface area contributed by atoms with Crippen molar-refractivity contribution in [2.45, 2.75) is 82.1 Å². The molecule has 0 saturated carbocycles. The van der Waals surface area contributed by atoms with Crippen molar-refractivity contribution in [2.75, 3.05) is 26.4 Å². The van der Waals surface area contributed by atoms with Gasteiger partial charge < -0.3 is 47.1 Å². The summed E-state index contributed by atoms with van der Waals surface area (Å²) >= 11 is 0. The number of carbonyl (C=O) groups excluding carboxylic acids is 4. The van der Waals surface area contributed by atoms with Gasteiger partial charge in [-0.3, -0.25) is 10.1 Å². The predicted molar refractivity (Wildman–Crippen MR) is 197 cm³/mol. The monoisotopic (exact) mass is 789 g/mol. The van der Waals surface area contributed by atoms with Gasteiger partial charge in [0, 0.05) is 12.5 Å². The number of nitrogens with zero attached hydrogens (tertiary/aromatic N) is 1. The van der Waals surface area contributed by atoms with Crippen LogP contribution in [0.4, 0.5) is 20.1 Å². The number of esters is 1. The normalized spacial score (nSPS) is 19.8. The average Bonchev–Trinajstić information content (AvgIpc) is 3.12. The van der Waals surface area contributed by atoms with E-state index in [0.29, 0.717) is 5.56 Å². The summed E-state index contributed by atoms with van der Waals surface area (Å²) in [5, 5.41) is 12.3. The molecule has 0 amide bonds. The number of carbonyl (C=O) groups is 4. The Morgan fingerprint density at radius 3 is 1.84 bits per heavy atom. The molecule has 0 spiro atoms. The first-order valence-corrected chi connectivity index (χ1v) is 19.7. The quantitative estimate of drug-likeness (QED) is 0.0274. The van der Waals surface area contributed by atoms with E-state index in [0.717, 1.165) is 0 Å². The van der Waals surface area contributed by atoms with E-state index in [-0.39, 0.29) is 37.9 Å². The van der Waals surface area contributed by atoms with E-state index in [1.165, 1.54) is 42.5 Å². The van der Waals surface area contributed by atoms with E-state index in [1.807, 2.05) is 33.9 Å². The third-order valence-electron chi connectivity index (χ3n) is 8.07. The number of hydrogen-bond donors (Lipinski definition) is 0. The largest absolute Gasteiger partial charge is 0.509 e. The minimum atomic E-state index is -2.44. The molecule has 1 saturated heterocycles. The Hall–Kier alpha value is -5.64. The molecule has 0 aromatic heterocycles. The number of rotatable bonds is 19. The van der Waals surface area contributed by atoms with Crippen LogP contribution in [0.1, 0.15) is 38.9 Å². The van der Waals surface area contributed by atoms with Gasteiger partial charge in [-0.25, -0.2) is 19.2 Å². The third kappa shape index (κ3) is 13.3. The molecule has 300 valence electrons. The van der Waals surface area contributed by atoms with Crippen LogP contribution in [0.2, 0.25) is 18.1 Å². The van der Waals surface area contributed by atoms with Crippen molar-refractivity contribution in [1.82, 2.24) is 0 Å². The van der Waals surface area contributed by atoms with Crippen molar-refractivity contribution < 1.29 is 71.2 Å². The first kappa shape index (κ1) is 45.5. The van der Waals surface area contributed by atoms with Crippen molar-refractivity contribution in [3.63, 3.8) is 0 Å². The first-order chi connectivity index (χ1) is 25.9. The lowest BCUT2D eigenvalue weighted by atomic mass is 9.98. The second kappa shape index (κ2) is 21.3. The highest BCUT2D eigenvalue weighted by Gasteiger charge is 2.57. The molecule has 1 aliphatic rings. The molecule has 1 unspecified atom stereocenters. The first-order valence-electron chi connectivity index (χ1n) is 16.8. The maximum absolute atomic E-state index is 13.4. The van der Waals surface area contributed by atoms with Gasteiger partial charge in [0.25, 0.3) is 0 Å². The van der Waals surface area contributed by atoms with Crippen LogP contribution >= 0.6 is 0 Å². The second-order valence-electron chi connectivity index (χ2n) is 13.0. The zero-order valence-electron chi connectivity index (χ0n) is 31.4. The van der Waals surface area contributed by atoms with Crippen molar-refractivity contribution in [3.8, 4) is 18.1 Å². The molecule has 1 aromatic rings. The number of ether oxygens (including phenoxy) is 9. The lowest BCUT2D eigenvalue weighted by Gasteiger charge is -2.42. The summed E-state index contributed by atoms with van der Waals surface area (Å²) in [6.45, 7) is 22.5. The number of nitro benzene ring substituents is 1. The number of hydrogen-bond acceptors (Lipinski definition) is 16. The molecule has 0 aliphatic carbocycles. The van der Waals surface area contributed by atoms with E-state index in [9.17, 15) is 29.3 Å². The highest BCUT2D eigenvalue weighted by Crippen LogP contribution is 2.42. The molecule has 1 aromatic carbocycles. The molecule has 0 bridgehead atoms. The Morgan fingerprint density at radius 1 is 0.873 bits per heavy atom. The smallest absolute Gasteiger partial charge is 0.459 e. The fraction of sp³-hybridized carbons (Fsp3) is 0.459. The summed E-state index contributed by atoms with van der Waals surface area (Å²) in [5.74, 6) is 0.881. The van der Waals surface area contributed by atoms with Gasteiger partial charge in [-0.2, -0.15) is 0 Å². The Bertz CT molecular complexity index is 1610. The lowest BCUT2D eigenvalue weighted by Crippen LogP contribution is -2.64. The molecule has 0 N–H and O–H groups in total. The molecule has 0 radical (unpaired) electrons. The summed E-state index contributed by atoms with van der Waals surface area (Å²) in [6, 6.07) is 3.89. The van der Waals surface area contributed by atoms with E-state index in [2.05, 4.69) is 32.2 Å². The van der Waals surface area contributed by atoms with Crippen LogP contribution in [0, 0.1) is 22.5 Å². The van der Waals surface area contributed by atoms with Crippen LogP contribution in [0.15, 0.2) is 68.8 Å². The van der Waals surface area contributed by atoms with Crippen LogP contribution in [0.25, 0.3) is 0 Å². The molecule has 1 fully saturated rings. The third-order valence-corrected chi connectivity index (χ3v) is 12.6. The van der Waals surface area contributed by atoms with Gasteiger partial charge in [0.2, 0.25) is 12.4 Å². The van der Waals surface area contributed by atoms with Gasteiger partial charge in [0.05, 0.1) is 11.0 Å². The van der Waals surface area contributed by atoms with Gasteiger partial charge in [0.15, 0.2) is 32.4 Å². The van der Waals surface area contributed by atoms with Crippen LogP contribution in [-0.4, -0.2) is 94.8 Å². The highest BCUT2D eigenvalue weighted by atomic mass is 28.4. The zero-order chi connectivity index (χ0) is 41.3. The van der Waals surface area contributed by atoms with Gasteiger partial charge in [-0.05, 0) is 29.8 Å². The Morgan fingerprint density at radius 2 is 1.36 bits per heavy atom. The van der Waals surface area contributed by atoms with Gasteiger partial charge in [-0.1, -0.05) is 77.5 Å². The fourth-order valence-electron chi connectivity index (χ4n) is 4.49. The molecule has 1 heterocycles. The van der Waals surface area contributed by atoms with Crippen molar-refractivity contribution >= 4 is 38.4 Å². The summed E-state index contributed by atoms with van der Waals surface area (Å²) in [7, 11) is -2.44. The standard InChI is InChI=1S/C37H47NO16Si/c1-11-16-26(54-55(9,10)37(6,7)8)24-17-18-27(25(23-24)38(43)44)49-33-31(53-36(42)48-22-15-5)29(52-35(41)47-21-14-4)28(51-34(40)46-20-13-3)30(50-33)32(39)45-19-12-2/h1,12-15,17-18,23,26,28-31,33H,2-5,16,19-22H2,6-10H3/t26?,28-,29-,30-,31+,33+/m0/s1. The summed E-state index contributed by atoms with van der Waals surface area (Å²) < 4.78 is 54.5. The van der Waals surface area contributed by atoms with Crippen molar-refractivity contribution in [3.05, 3.63) is 84.5 Å². The molecular formula is C37H47NO16Si. The molecule has 55 heavy (non-hydrogen) atoms. The minimum Gasteiger partial charge on any atom is -0.459 e. The number of terminal acetylenes is 1. The van der Waals surface area contributed by atoms with E-state index in [1.54, 1.807) is 0 Å². The summed E-state index contributed by atoms with van der Waals surface area (Å²) in [6.07, 6.45) is -4.39. The fourth-order valence-corrected chi connectivity index (χ4v) is 5.78. The molecule has 2 rings (SSSR count). The average molecular weight is 790 g/mol. The predicted octanol–water partition coefficient (Wildman–Crippen LogP) is 6.64. The van der Waals surface area contributed by atoms with Crippen molar-refractivity contribution in [2.24, 2.45) is 0 Å². The maximum atomic E-state index is 13.4. The van der Waals surface area contributed by atoms with Crippen LogP contribution < -0.4 is 4.74 Å². The molecule has 17 nitrogen and oxygen atoms in total. The van der Waals surface area contributed by atoms with Gasteiger partial charge in [0.1, 0.15) is 26.4 Å². The van der Waals surface area contributed by atoms with Crippen LogP contribution in [0.5, 0.6) is 5.75 Å². The molecular weight excluding hydrogens is 742 g/mol. The van der Waals surface area contributed by atoms with E-state index in [4.69, 9.17) is 53.5 Å². The lowest BCUT2D eigenvalue weighted by molar-refractivity contribution is -0.387. The van der Waals surface area contributed by atoms with E-state index >= 15 is 0 Å². The number of nitro groups is 1. The maximum Gasteiger partial charge on any atom is 0.509 e. The topological polar surface area (TPSA) is 204 Å². The number of benzene rings is 1. The van der Waals surface area contributed by atoms with E-state index < -0.39 is 85.9 Å². The second-order valence-corrected chi connectivity index (χ2v) is 17.8. The molecule has 6 atom stereocenters. The highest BCUT2D eigenvalue weighted by molar-refractivity contribution is 6.74. The Labute approximate surface area is 320 Å². The molecule has 18 heteroatoms. The SMILES string of the molecule is C#CCC(O[Si](C)(C)C(C)(C)C)c1ccc(O[C@@H]2O[C@H](C(=O)OCC=C)[C@@H](OC(=O)OCC=C)[C@H](OC(=O)OCC=C)[C@H]2OC(=O)OCC=C)c([N+](=O)[O-])c1. The molecule has 1 aliphatic heterocycles. The van der Waals surface area contributed by atoms with Crippen molar-refractivity contribution in [1.29, 1.82) is 0 Å². The van der Waals surface area contributed by atoms with Gasteiger partial charge >= 0.3 is 30.1 Å². The zero-order valence-corrected chi connectivity index (χ0v) is 32.4. The Balaban J connectivity index is 2.79. The van der Waals surface area contributed by atoms with Crippen LogP contribution in [0.3, 0.4) is 0 Å². The van der Waals surface area contributed by atoms with Crippen LogP contribution in [-0.2, 0) is 47.1 Å². The summed E-state index contributed by atoms with van der Waals surface area (Å²) in [5.41, 5.74) is -0.259. The Kier molecular flexibility index (Phi) is 17.6.